The fraction of sp³-hybridized carbons (Fsp3) is 0.571. The highest BCUT2D eigenvalue weighted by molar-refractivity contribution is 6.30. The van der Waals surface area contributed by atoms with Gasteiger partial charge in [0.25, 0.3) is 0 Å². The van der Waals surface area contributed by atoms with E-state index < -0.39 is 5.82 Å². The van der Waals surface area contributed by atoms with Gasteiger partial charge in [-0.3, -0.25) is 0 Å². The van der Waals surface area contributed by atoms with Crippen LogP contribution in [0.25, 0.3) is 0 Å². The zero-order chi connectivity index (χ0) is 14.5. The summed E-state index contributed by atoms with van der Waals surface area (Å²) in [5, 5.41) is 3.24. The van der Waals surface area contributed by atoms with E-state index in [-0.39, 0.29) is 23.3 Å². The smallest absolute Gasteiger partial charge is 0.142 e. The van der Waals surface area contributed by atoms with Gasteiger partial charge in [0.15, 0.2) is 0 Å². The lowest BCUT2D eigenvalue weighted by Crippen LogP contribution is -2.60. The maximum atomic E-state index is 13.1. The van der Waals surface area contributed by atoms with Gasteiger partial charge in [-0.1, -0.05) is 11.6 Å². The first-order chi connectivity index (χ1) is 9.65. The fourth-order valence-electron chi connectivity index (χ4n) is 2.20. The summed E-state index contributed by atoms with van der Waals surface area (Å²) < 4.78 is 29.6. The molecule has 6 heteroatoms. The molecule has 1 saturated carbocycles. The molecule has 1 fully saturated rings. The Kier molecular flexibility index (Phi) is 5.60. The zero-order valence-electron chi connectivity index (χ0n) is 11.6. The molecule has 2 rings (SSSR count). The lowest BCUT2D eigenvalue weighted by atomic mass is 9.85. The minimum Gasteiger partial charge on any atom is -0.488 e. The van der Waals surface area contributed by atoms with Gasteiger partial charge in [-0.25, -0.2) is 4.39 Å². The first-order valence-electron chi connectivity index (χ1n) is 6.55. The van der Waals surface area contributed by atoms with E-state index >= 15 is 0 Å². The second-order valence-electron chi connectivity index (χ2n) is 4.69. The number of nitrogens with one attached hydrogen (secondary N) is 1. The molecule has 1 aliphatic rings. The van der Waals surface area contributed by atoms with Gasteiger partial charge in [-0.2, -0.15) is 0 Å². The predicted molar refractivity (Wildman–Crippen MR) is 74.9 cm³/mol. The van der Waals surface area contributed by atoms with Gasteiger partial charge in [0.1, 0.15) is 23.8 Å². The van der Waals surface area contributed by atoms with Gasteiger partial charge in [-0.05, 0) is 19.2 Å². The predicted octanol–water partition coefficient (Wildman–Crippen LogP) is 2.25. The van der Waals surface area contributed by atoms with E-state index in [9.17, 15) is 4.39 Å². The van der Waals surface area contributed by atoms with E-state index in [1.54, 1.807) is 13.2 Å². The normalized spacial score (nSPS) is 25.3. The number of hydrogen-bond acceptors (Lipinski definition) is 4. The van der Waals surface area contributed by atoms with Crippen molar-refractivity contribution in [2.45, 2.75) is 24.7 Å². The van der Waals surface area contributed by atoms with E-state index in [4.69, 9.17) is 25.8 Å². The standard InChI is InChI=1S/C14H19ClFNO3/c1-17-12-8-13(14(12)19-6-5-18-2)20-9-3-4-11(16)10(15)7-9/h3-4,7,12-14,17H,5-6,8H2,1-2H3. The molecular formula is C14H19ClFNO3. The number of likely N-dealkylation sites (N-methyl/N-ethyl adjacent to an activating group) is 1. The first kappa shape index (κ1) is 15.5. The molecule has 1 aromatic rings. The maximum absolute atomic E-state index is 13.1. The molecule has 0 spiro atoms. The van der Waals surface area contributed by atoms with Crippen LogP contribution < -0.4 is 10.1 Å². The molecule has 1 aromatic carbocycles. The van der Waals surface area contributed by atoms with Crippen LogP contribution in [0.15, 0.2) is 18.2 Å². The molecule has 0 amide bonds. The number of methoxy groups -OCH3 is 1. The first-order valence-corrected chi connectivity index (χ1v) is 6.93. The molecule has 0 heterocycles. The highest BCUT2D eigenvalue weighted by atomic mass is 35.5. The SMILES string of the molecule is CNC1CC(Oc2ccc(F)c(Cl)c2)C1OCCOC. The Morgan fingerprint density at radius 3 is 2.85 bits per heavy atom. The Labute approximate surface area is 123 Å². The Balaban J connectivity index is 1.92. The van der Waals surface area contributed by atoms with Crippen molar-refractivity contribution in [1.29, 1.82) is 0 Å². The molecule has 4 nitrogen and oxygen atoms in total. The summed E-state index contributed by atoms with van der Waals surface area (Å²) in [5.74, 6) is 0.102. The van der Waals surface area contributed by atoms with Crippen LogP contribution in [0.4, 0.5) is 4.39 Å². The third-order valence-corrected chi connectivity index (χ3v) is 3.69. The molecule has 0 aromatic heterocycles. The van der Waals surface area contributed by atoms with Gasteiger partial charge in [0.05, 0.1) is 18.2 Å². The van der Waals surface area contributed by atoms with Crippen molar-refractivity contribution in [3.8, 4) is 5.75 Å². The fourth-order valence-corrected chi connectivity index (χ4v) is 2.37. The molecule has 0 saturated heterocycles. The minimum absolute atomic E-state index is 0.0426. The number of ether oxygens (including phenoxy) is 3. The Bertz CT molecular complexity index is 446. The van der Waals surface area contributed by atoms with Crippen LogP contribution in [-0.4, -0.2) is 45.6 Å². The second kappa shape index (κ2) is 7.22. The largest absolute Gasteiger partial charge is 0.488 e. The monoisotopic (exact) mass is 303 g/mol. The van der Waals surface area contributed by atoms with Gasteiger partial charge < -0.3 is 19.5 Å². The van der Waals surface area contributed by atoms with Crippen molar-refractivity contribution in [1.82, 2.24) is 5.32 Å². The summed E-state index contributed by atoms with van der Waals surface area (Å²) in [7, 11) is 3.52. The van der Waals surface area contributed by atoms with Crippen molar-refractivity contribution < 1.29 is 18.6 Å². The Hall–Kier alpha value is -0.880. The van der Waals surface area contributed by atoms with Gasteiger partial charge >= 0.3 is 0 Å². The summed E-state index contributed by atoms with van der Waals surface area (Å²) in [4.78, 5) is 0. The molecule has 0 bridgehead atoms. The second-order valence-corrected chi connectivity index (χ2v) is 5.10. The average Bonchev–Trinajstić information content (AvgIpc) is 2.43. The highest BCUT2D eigenvalue weighted by Crippen LogP contribution is 2.30. The van der Waals surface area contributed by atoms with Crippen molar-refractivity contribution in [3.05, 3.63) is 29.0 Å². The molecule has 0 aliphatic heterocycles. The third-order valence-electron chi connectivity index (χ3n) is 3.40. The molecular weight excluding hydrogens is 285 g/mol. The van der Waals surface area contributed by atoms with Crippen molar-refractivity contribution in [2.75, 3.05) is 27.4 Å². The summed E-state index contributed by atoms with van der Waals surface area (Å²) in [5.41, 5.74) is 0. The molecule has 112 valence electrons. The summed E-state index contributed by atoms with van der Waals surface area (Å²) in [6, 6.07) is 4.61. The molecule has 1 N–H and O–H groups in total. The van der Waals surface area contributed by atoms with Crippen molar-refractivity contribution >= 4 is 11.6 Å². The molecule has 1 aliphatic carbocycles. The van der Waals surface area contributed by atoms with E-state index in [1.165, 1.54) is 12.1 Å². The van der Waals surface area contributed by atoms with Crippen LogP contribution in [0, 0.1) is 5.82 Å². The van der Waals surface area contributed by atoms with E-state index in [0.29, 0.717) is 19.0 Å². The molecule has 20 heavy (non-hydrogen) atoms. The van der Waals surface area contributed by atoms with E-state index in [2.05, 4.69) is 5.32 Å². The highest BCUT2D eigenvalue weighted by Gasteiger charge is 2.43. The van der Waals surface area contributed by atoms with E-state index in [1.807, 2.05) is 7.05 Å². The van der Waals surface area contributed by atoms with Crippen LogP contribution in [0.3, 0.4) is 0 Å². The van der Waals surface area contributed by atoms with Gasteiger partial charge in [-0.15, -0.1) is 0 Å². The average molecular weight is 304 g/mol. The Morgan fingerprint density at radius 2 is 2.20 bits per heavy atom. The quantitative estimate of drug-likeness (QED) is 0.784. The minimum atomic E-state index is -0.450. The summed E-state index contributed by atoms with van der Waals surface area (Å²) >= 11 is 5.74. The lowest BCUT2D eigenvalue weighted by molar-refractivity contribution is -0.114. The van der Waals surface area contributed by atoms with Crippen molar-refractivity contribution in [2.24, 2.45) is 0 Å². The summed E-state index contributed by atoms with van der Waals surface area (Å²) in [6.07, 6.45) is 0.730. The number of benzene rings is 1. The van der Waals surface area contributed by atoms with Crippen LogP contribution in [0.5, 0.6) is 5.75 Å². The number of rotatable bonds is 7. The van der Waals surface area contributed by atoms with Crippen LogP contribution in [0.1, 0.15) is 6.42 Å². The van der Waals surface area contributed by atoms with Crippen LogP contribution in [-0.2, 0) is 9.47 Å². The lowest BCUT2D eigenvalue weighted by Gasteiger charge is -2.43. The van der Waals surface area contributed by atoms with Crippen LogP contribution in [0.2, 0.25) is 5.02 Å². The van der Waals surface area contributed by atoms with Crippen molar-refractivity contribution in [3.63, 3.8) is 0 Å². The third kappa shape index (κ3) is 3.61. The van der Waals surface area contributed by atoms with Gasteiger partial charge in [0.2, 0.25) is 0 Å². The number of hydrogen-bond donors (Lipinski definition) is 1. The number of halogens is 2. The van der Waals surface area contributed by atoms with E-state index in [0.717, 1.165) is 6.42 Å². The summed E-state index contributed by atoms with van der Waals surface area (Å²) in [6.45, 7) is 1.06. The van der Waals surface area contributed by atoms with Gasteiger partial charge in [0, 0.05) is 25.6 Å². The topological polar surface area (TPSA) is 39.7 Å². The Morgan fingerprint density at radius 1 is 1.40 bits per heavy atom. The molecule has 3 atom stereocenters. The maximum Gasteiger partial charge on any atom is 0.142 e. The van der Waals surface area contributed by atoms with Crippen LogP contribution >= 0.6 is 11.6 Å². The zero-order valence-corrected chi connectivity index (χ0v) is 12.3. The molecule has 3 unspecified atom stereocenters. The molecule has 0 radical (unpaired) electrons.